The van der Waals surface area contributed by atoms with Gasteiger partial charge in [0.1, 0.15) is 17.6 Å². The van der Waals surface area contributed by atoms with Crippen LogP contribution in [0.1, 0.15) is 16.7 Å². The molecule has 6 nitrogen and oxygen atoms in total. The predicted octanol–water partition coefficient (Wildman–Crippen LogP) is 3.07. The van der Waals surface area contributed by atoms with E-state index in [-0.39, 0.29) is 0 Å². The molecule has 0 fully saturated rings. The van der Waals surface area contributed by atoms with Crippen molar-refractivity contribution < 1.29 is 14.3 Å². The summed E-state index contributed by atoms with van der Waals surface area (Å²) in [5.74, 6) is 1.54. The number of benzene rings is 2. The van der Waals surface area contributed by atoms with Crippen LogP contribution in [0, 0.1) is 11.3 Å². The number of amides is 2. The second-order valence-corrected chi connectivity index (χ2v) is 5.65. The molecule has 0 spiro atoms. The highest BCUT2D eigenvalue weighted by molar-refractivity contribution is 6.02. The van der Waals surface area contributed by atoms with Gasteiger partial charge in [0, 0.05) is 24.0 Å². The van der Waals surface area contributed by atoms with Crippen molar-refractivity contribution in [2.75, 3.05) is 23.8 Å². The fraction of sp³-hybridized carbons (Fsp3) is 0.222. The number of urea groups is 1. The third kappa shape index (κ3) is 2.40. The SMILES string of the molecule is N#Cc1ccccc1NC(=O)Nc1c2c(cc3c1OCC3)OCC2. The predicted molar refractivity (Wildman–Crippen MR) is 88.6 cm³/mol. The molecule has 0 atom stereocenters. The molecule has 120 valence electrons. The lowest BCUT2D eigenvalue weighted by Crippen LogP contribution is -2.21. The number of anilines is 2. The molecule has 24 heavy (non-hydrogen) atoms. The number of nitrogens with one attached hydrogen (secondary N) is 2. The summed E-state index contributed by atoms with van der Waals surface area (Å²) < 4.78 is 11.3. The van der Waals surface area contributed by atoms with E-state index in [1.54, 1.807) is 24.3 Å². The van der Waals surface area contributed by atoms with Crippen molar-refractivity contribution in [3.8, 4) is 17.6 Å². The summed E-state index contributed by atoms with van der Waals surface area (Å²) in [5, 5.41) is 14.7. The van der Waals surface area contributed by atoms with Gasteiger partial charge >= 0.3 is 6.03 Å². The Bertz CT molecular complexity index is 838. The van der Waals surface area contributed by atoms with Crippen molar-refractivity contribution in [1.82, 2.24) is 0 Å². The summed E-state index contributed by atoms with van der Waals surface area (Å²) in [4.78, 5) is 12.4. The molecule has 0 saturated heterocycles. The van der Waals surface area contributed by atoms with Gasteiger partial charge in [0.2, 0.25) is 0 Å². The molecule has 4 rings (SSSR count). The minimum Gasteiger partial charge on any atom is -0.493 e. The summed E-state index contributed by atoms with van der Waals surface area (Å²) in [6.07, 6.45) is 1.54. The third-order valence-corrected chi connectivity index (χ3v) is 4.18. The van der Waals surface area contributed by atoms with E-state index in [4.69, 9.17) is 14.7 Å². The number of fused-ring (bicyclic) bond motifs is 2. The molecule has 2 aromatic carbocycles. The maximum absolute atomic E-state index is 12.4. The fourth-order valence-electron chi connectivity index (χ4n) is 3.07. The smallest absolute Gasteiger partial charge is 0.323 e. The van der Waals surface area contributed by atoms with Crippen LogP contribution < -0.4 is 20.1 Å². The van der Waals surface area contributed by atoms with Crippen molar-refractivity contribution >= 4 is 17.4 Å². The first kappa shape index (κ1) is 14.4. The number of rotatable bonds is 2. The third-order valence-electron chi connectivity index (χ3n) is 4.18. The lowest BCUT2D eigenvalue weighted by molar-refractivity contribution is 0.262. The van der Waals surface area contributed by atoms with E-state index in [0.29, 0.717) is 30.2 Å². The van der Waals surface area contributed by atoms with E-state index >= 15 is 0 Å². The van der Waals surface area contributed by atoms with Gasteiger partial charge in [-0.1, -0.05) is 12.1 Å². The molecule has 0 saturated carbocycles. The van der Waals surface area contributed by atoms with E-state index in [2.05, 4.69) is 16.7 Å². The quantitative estimate of drug-likeness (QED) is 0.890. The number of nitriles is 1. The summed E-state index contributed by atoms with van der Waals surface area (Å²) in [6, 6.07) is 10.5. The number of nitrogens with zero attached hydrogens (tertiary/aromatic N) is 1. The Morgan fingerprint density at radius 3 is 2.83 bits per heavy atom. The fourth-order valence-corrected chi connectivity index (χ4v) is 3.07. The van der Waals surface area contributed by atoms with E-state index in [0.717, 1.165) is 35.5 Å². The topological polar surface area (TPSA) is 83.4 Å². The zero-order chi connectivity index (χ0) is 16.5. The van der Waals surface area contributed by atoms with Crippen LogP contribution in [0.25, 0.3) is 0 Å². The molecule has 0 aliphatic carbocycles. The average molecular weight is 321 g/mol. The van der Waals surface area contributed by atoms with Crippen LogP contribution in [0.4, 0.5) is 16.2 Å². The number of carbonyl (C=O) groups excluding carboxylic acids is 1. The molecule has 2 amide bonds. The highest BCUT2D eigenvalue weighted by atomic mass is 16.5. The summed E-state index contributed by atoms with van der Waals surface area (Å²) in [7, 11) is 0. The van der Waals surface area contributed by atoms with Crippen LogP contribution in [0.5, 0.6) is 11.5 Å². The van der Waals surface area contributed by atoms with E-state index < -0.39 is 6.03 Å². The summed E-state index contributed by atoms with van der Waals surface area (Å²) in [6.45, 7) is 1.21. The molecule has 6 heteroatoms. The zero-order valence-corrected chi connectivity index (χ0v) is 12.9. The normalized spacial score (nSPS) is 14.0. The van der Waals surface area contributed by atoms with Gasteiger partial charge in [-0.05, 0) is 18.2 Å². The van der Waals surface area contributed by atoms with Crippen molar-refractivity contribution in [2.24, 2.45) is 0 Å². The first-order valence-corrected chi connectivity index (χ1v) is 7.78. The molecular formula is C18H15N3O3. The maximum atomic E-state index is 12.4. The van der Waals surface area contributed by atoms with Gasteiger partial charge in [-0.2, -0.15) is 5.26 Å². The van der Waals surface area contributed by atoms with Gasteiger partial charge in [-0.25, -0.2) is 4.79 Å². The van der Waals surface area contributed by atoms with Gasteiger partial charge in [0.15, 0.2) is 0 Å². The molecule has 2 N–H and O–H groups in total. The number of hydrogen-bond acceptors (Lipinski definition) is 4. The Kier molecular flexibility index (Phi) is 3.47. The van der Waals surface area contributed by atoms with E-state index in [1.165, 1.54) is 0 Å². The van der Waals surface area contributed by atoms with Crippen LogP contribution in [0.15, 0.2) is 30.3 Å². The van der Waals surface area contributed by atoms with Crippen LogP contribution in [-0.4, -0.2) is 19.2 Å². The Balaban J connectivity index is 1.62. The number of carbonyl (C=O) groups is 1. The Labute approximate surface area is 139 Å². The maximum Gasteiger partial charge on any atom is 0.323 e. The second kappa shape index (κ2) is 5.78. The molecular weight excluding hydrogens is 306 g/mol. The Hall–Kier alpha value is -3.20. The molecule has 2 heterocycles. The Morgan fingerprint density at radius 2 is 1.96 bits per heavy atom. The minimum atomic E-state index is -0.407. The van der Waals surface area contributed by atoms with Crippen molar-refractivity contribution in [3.63, 3.8) is 0 Å². The number of ether oxygens (including phenoxy) is 2. The van der Waals surface area contributed by atoms with Gasteiger partial charge in [-0.15, -0.1) is 0 Å². The summed E-state index contributed by atoms with van der Waals surface area (Å²) >= 11 is 0. The van der Waals surface area contributed by atoms with Crippen LogP contribution >= 0.6 is 0 Å². The largest absolute Gasteiger partial charge is 0.493 e. The van der Waals surface area contributed by atoms with Gasteiger partial charge in [-0.3, -0.25) is 0 Å². The van der Waals surface area contributed by atoms with Crippen molar-refractivity contribution in [2.45, 2.75) is 12.8 Å². The summed E-state index contributed by atoms with van der Waals surface area (Å²) in [5.41, 5.74) is 3.56. The second-order valence-electron chi connectivity index (χ2n) is 5.65. The monoisotopic (exact) mass is 321 g/mol. The van der Waals surface area contributed by atoms with Crippen LogP contribution in [0.2, 0.25) is 0 Å². The lowest BCUT2D eigenvalue weighted by Gasteiger charge is -2.15. The first-order chi connectivity index (χ1) is 11.8. The molecule has 2 aliphatic heterocycles. The Morgan fingerprint density at radius 1 is 1.12 bits per heavy atom. The molecule has 0 bridgehead atoms. The highest BCUT2D eigenvalue weighted by Gasteiger charge is 2.27. The number of hydrogen-bond donors (Lipinski definition) is 2. The van der Waals surface area contributed by atoms with Gasteiger partial charge in [0.05, 0.1) is 30.2 Å². The van der Waals surface area contributed by atoms with E-state index in [1.807, 2.05) is 6.07 Å². The average Bonchev–Trinajstić information content (AvgIpc) is 3.24. The standard InChI is InChI=1S/C18H15N3O3/c19-10-12-3-1-2-4-14(12)20-18(22)21-16-13-6-8-23-15(13)9-11-5-7-24-17(11)16/h1-4,9H,5-8H2,(H2,20,21,22). The lowest BCUT2D eigenvalue weighted by atomic mass is 10.0. The molecule has 2 aliphatic rings. The zero-order valence-electron chi connectivity index (χ0n) is 12.9. The van der Waals surface area contributed by atoms with Crippen molar-refractivity contribution in [3.05, 3.63) is 47.0 Å². The van der Waals surface area contributed by atoms with Gasteiger partial charge < -0.3 is 20.1 Å². The molecule has 0 radical (unpaired) electrons. The highest BCUT2D eigenvalue weighted by Crippen LogP contribution is 2.44. The number of para-hydroxylation sites is 1. The minimum absolute atomic E-state index is 0.407. The molecule has 0 unspecified atom stereocenters. The van der Waals surface area contributed by atoms with E-state index in [9.17, 15) is 4.79 Å². The molecule has 2 aromatic rings. The van der Waals surface area contributed by atoms with Crippen molar-refractivity contribution in [1.29, 1.82) is 5.26 Å². The van der Waals surface area contributed by atoms with Crippen LogP contribution in [0.3, 0.4) is 0 Å². The van der Waals surface area contributed by atoms with Crippen LogP contribution in [-0.2, 0) is 12.8 Å². The van der Waals surface area contributed by atoms with Gasteiger partial charge in [0.25, 0.3) is 0 Å². The first-order valence-electron chi connectivity index (χ1n) is 7.78. The molecule has 0 aromatic heterocycles.